The van der Waals surface area contributed by atoms with Gasteiger partial charge in [0.25, 0.3) is 0 Å². The van der Waals surface area contributed by atoms with E-state index in [0.717, 1.165) is 0 Å². The molecule has 112 valence electrons. The molecule has 0 aliphatic rings. The molecule has 8 heteroatoms. The zero-order valence-corrected chi connectivity index (χ0v) is 12.9. The number of carbonyl (C=O) groups excluding carboxylic acids is 1. The van der Waals surface area contributed by atoms with Crippen LogP contribution >= 0.6 is 23.2 Å². The van der Waals surface area contributed by atoms with Crippen molar-refractivity contribution >= 4 is 40.9 Å². The number of hydrogen-bond donors (Lipinski definition) is 2. The minimum atomic E-state index is -1.26. The summed E-state index contributed by atoms with van der Waals surface area (Å²) in [4.78, 5) is 24.4. The van der Waals surface area contributed by atoms with Crippen molar-refractivity contribution in [1.82, 2.24) is 4.90 Å². The van der Waals surface area contributed by atoms with Crippen molar-refractivity contribution in [3.05, 3.63) is 27.7 Å². The zero-order chi connectivity index (χ0) is 16.2. The monoisotopic (exact) mass is 329 g/mol. The second kappa shape index (κ2) is 7.16. The fourth-order valence-electron chi connectivity index (χ4n) is 1.61. The number of carbonyl (C=O) groups is 2. The third kappa shape index (κ3) is 4.52. The second-order valence-electron chi connectivity index (χ2n) is 4.46. The van der Waals surface area contributed by atoms with E-state index < -0.39 is 12.0 Å². The number of anilines is 1. The van der Waals surface area contributed by atoms with Gasteiger partial charge in [-0.3, -0.25) is 0 Å². The highest BCUT2D eigenvalue weighted by Gasteiger charge is 2.19. The molecule has 1 rings (SSSR count). The Labute approximate surface area is 131 Å². The number of rotatable bonds is 4. The van der Waals surface area contributed by atoms with Crippen LogP contribution in [0.15, 0.2) is 12.1 Å². The number of nitrogens with zero attached hydrogens (tertiary/aromatic N) is 2. The van der Waals surface area contributed by atoms with E-state index in [4.69, 9.17) is 33.6 Å². The van der Waals surface area contributed by atoms with Crippen molar-refractivity contribution in [2.24, 2.45) is 5.92 Å². The number of nitriles is 1. The van der Waals surface area contributed by atoms with E-state index >= 15 is 0 Å². The number of amides is 2. The summed E-state index contributed by atoms with van der Waals surface area (Å²) in [5.41, 5.74) is -0.238. The van der Waals surface area contributed by atoms with Gasteiger partial charge in [-0.25, -0.2) is 9.59 Å². The molecular formula is C13H13Cl2N3O3. The number of halogens is 2. The molecule has 0 bridgehead atoms. The van der Waals surface area contributed by atoms with Gasteiger partial charge in [0, 0.05) is 18.6 Å². The summed E-state index contributed by atoms with van der Waals surface area (Å²) in [6.45, 7) is 1.87. The molecule has 0 radical (unpaired) electrons. The predicted molar refractivity (Wildman–Crippen MR) is 79.8 cm³/mol. The Bertz CT molecular complexity index is 613. The summed E-state index contributed by atoms with van der Waals surface area (Å²) in [5, 5.41) is 20.4. The number of carboxylic acids is 1. The molecule has 0 saturated carbocycles. The molecule has 0 spiro atoms. The molecule has 6 nitrogen and oxygen atoms in total. The van der Waals surface area contributed by atoms with Gasteiger partial charge in [-0.05, 0) is 19.1 Å². The van der Waals surface area contributed by atoms with Gasteiger partial charge in [0.2, 0.25) is 0 Å². The van der Waals surface area contributed by atoms with Crippen LogP contribution in [0.2, 0.25) is 10.0 Å². The average Bonchev–Trinajstić information content (AvgIpc) is 2.40. The lowest BCUT2D eigenvalue weighted by Gasteiger charge is -2.20. The molecule has 0 aliphatic carbocycles. The van der Waals surface area contributed by atoms with Gasteiger partial charge in [0.15, 0.2) is 0 Å². The number of benzene rings is 1. The molecule has 2 amide bonds. The van der Waals surface area contributed by atoms with Gasteiger partial charge in [-0.1, -0.05) is 23.2 Å². The van der Waals surface area contributed by atoms with E-state index in [9.17, 15) is 9.59 Å². The number of carboxylic acid groups (broad SMARTS) is 1. The van der Waals surface area contributed by atoms with Gasteiger partial charge in [0.05, 0.1) is 28.3 Å². The molecule has 2 N–H and O–H groups in total. The van der Waals surface area contributed by atoms with Crippen LogP contribution in [0.1, 0.15) is 17.3 Å². The highest BCUT2D eigenvalue weighted by atomic mass is 35.5. The fraction of sp³-hybridized carbons (Fsp3) is 0.308. The maximum absolute atomic E-state index is 12.0. The fourth-order valence-corrected chi connectivity index (χ4v) is 2.15. The summed E-state index contributed by atoms with van der Waals surface area (Å²) < 4.78 is 0. The first-order valence-corrected chi connectivity index (χ1v) is 6.66. The molecule has 0 heterocycles. The SMILES string of the molecule is CC(C#N)CN(C)C(=O)Nc1c(Cl)cc(Cl)cc1C(=O)O. The summed E-state index contributed by atoms with van der Waals surface area (Å²) >= 11 is 11.7. The summed E-state index contributed by atoms with van der Waals surface area (Å²) in [6.07, 6.45) is 0. The highest BCUT2D eigenvalue weighted by Crippen LogP contribution is 2.30. The summed E-state index contributed by atoms with van der Waals surface area (Å²) in [5.74, 6) is -1.61. The molecule has 1 aromatic carbocycles. The standard InChI is InChI=1S/C13H13Cl2N3O3/c1-7(5-16)6-18(2)13(21)17-11-9(12(19)20)3-8(14)4-10(11)15/h3-4,7H,6H2,1-2H3,(H,17,21)(H,19,20). The Kier molecular flexibility index (Phi) is 5.82. The van der Waals surface area contributed by atoms with Gasteiger partial charge in [-0.2, -0.15) is 5.26 Å². The topological polar surface area (TPSA) is 93.4 Å². The lowest BCUT2D eigenvalue weighted by atomic mass is 10.1. The van der Waals surface area contributed by atoms with E-state index in [0.29, 0.717) is 0 Å². The Morgan fingerprint density at radius 3 is 2.62 bits per heavy atom. The number of hydrogen-bond acceptors (Lipinski definition) is 3. The van der Waals surface area contributed by atoms with Crippen LogP contribution in [-0.2, 0) is 0 Å². The van der Waals surface area contributed by atoms with Crippen molar-refractivity contribution < 1.29 is 14.7 Å². The van der Waals surface area contributed by atoms with Crippen molar-refractivity contribution in [1.29, 1.82) is 5.26 Å². The van der Waals surface area contributed by atoms with E-state index in [1.807, 2.05) is 6.07 Å². The van der Waals surface area contributed by atoms with E-state index in [1.54, 1.807) is 6.92 Å². The second-order valence-corrected chi connectivity index (χ2v) is 5.30. The van der Waals surface area contributed by atoms with E-state index in [1.165, 1.54) is 24.1 Å². The van der Waals surface area contributed by atoms with Gasteiger partial charge < -0.3 is 15.3 Å². The summed E-state index contributed by atoms with van der Waals surface area (Å²) in [7, 11) is 1.49. The molecular weight excluding hydrogens is 317 g/mol. The molecule has 1 atom stereocenters. The quantitative estimate of drug-likeness (QED) is 0.885. The first-order chi connectivity index (χ1) is 9.76. The highest BCUT2D eigenvalue weighted by molar-refractivity contribution is 6.37. The maximum Gasteiger partial charge on any atom is 0.337 e. The Hall–Kier alpha value is -1.97. The minimum absolute atomic E-state index is 0.0231. The Balaban J connectivity index is 3.00. The van der Waals surface area contributed by atoms with Gasteiger partial charge in [-0.15, -0.1) is 0 Å². The lowest BCUT2D eigenvalue weighted by molar-refractivity contribution is 0.0698. The molecule has 21 heavy (non-hydrogen) atoms. The van der Waals surface area contributed by atoms with Crippen molar-refractivity contribution in [2.45, 2.75) is 6.92 Å². The lowest BCUT2D eigenvalue weighted by Crippen LogP contribution is -2.34. The van der Waals surface area contributed by atoms with Crippen LogP contribution in [0.5, 0.6) is 0 Å². The molecule has 0 aliphatic heterocycles. The summed E-state index contributed by atoms with van der Waals surface area (Å²) in [6, 6.07) is 3.97. The van der Waals surface area contributed by atoms with Crippen LogP contribution in [0.25, 0.3) is 0 Å². The van der Waals surface area contributed by atoms with Crippen LogP contribution in [0.4, 0.5) is 10.5 Å². The molecule has 1 unspecified atom stereocenters. The minimum Gasteiger partial charge on any atom is -0.478 e. The average molecular weight is 330 g/mol. The van der Waals surface area contributed by atoms with Gasteiger partial charge in [0.1, 0.15) is 0 Å². The smallest absolute Gasteiger partial charge is 0.337 e. The molecule has 0 aromatic heterocycles. The van der Waals surface area contributed by atoms with Crippen LogP contribution in [-0.4, -0.2) is 35.6 Å². The van der Waals surface area contributed by atoms with Crippen molar-refractivity contribution in [3.8, 4) is 6.07 Å². The maximum atomic E-state index is 12.0. The Morgan fingerprint density at radius 1 is 1.48 bits per heavy atom. The first kappa shape index (κ1) is 17.1. The van der Waals surface area contributed by atoms with Gasteiger partial charge >= 0.3 is 12.0 Å². The van der Waals surface area contributed by atoms with Crippen LogP contribution < -0.4 is 5.32 Å². The van der Waals surface area contributed by atoms with E-state index in [-0.39, 0.29) is 33.8 Å². The third-order valence-electron chi connectivity index (χ3n) is 2.63. The van der Waals surface area contributed by atoms with E-state index in [2.05, 4.69) is 5.32 Å². The number of aromatic carboxylic acids is 1. The largest absolute Gasteiger partial charge is 0.478 e. The van der Waals surface area contributed by atoms with Crippen molar-refractivity contribution in [3.63, 3.8) is 0 Å². The van der Waals surface area contributed by atoms with Crippen molar-refractivity contribution in [2.75, 3.05) is 18.9 Å². The number of nitrogens with one attached hydrogen (secondary N) is 1. The van der Waals surface area contributed by atoms with Crippen LogP contribution in [0.3, 0.4) is 0 Å². The molecule has 0 fully saturated rings. The third-order valence-corrected chi connectivity index (χ3v) is 3.15. The molecule has 0 saturated heterocycles. The zero-order valence-electron chi connectivity index (χ0n) is 11.4. The Morgan fingerprint density at radius 2 is 2.10 bits per heavy atom. The predicted octanol–water partition coefficient (Wildman–Crippen LogP) is 3.31. The van der Waals surface area contributed by atoms with Crippen LogP contribution in [0, 0.1) is 17.2 Å². The number of urea groups is 1. The first-order valence-electron chi connectivity index (χ1n) is 5.90. The normalized spacial score (nSPS) is 11.4. The molecule has 1 aromatic rings.